The molecule has 0 bridgehead atoms. The fourth-order valence-corrected chi connectivity index (χ4v) is 2.92. The molecular weight excluding hydrogens is 346 g/mol. The number of carbonyl (C=O) groups excluding carboxylic acids is 1. The van der Waals surface area contributed by atoms with E-state index in [0.29, 0.717) is 17.8 Å². The quantitative estimate of drug-likeness (QED) is 0.826. The standard InChI is InChI=1S/C12H10BrN3OS2/c13-10-4-2-8(19-10)6-16-12(17)9-3-1-7(5-15-9)11(14)18/h1-5H,6H2,(H2,14,18)(H,16,17). The van der Waals surface area contributed by atoms with E-state index in [1.807, 2.05) is 12.1 Å². The van der Waals surface area contributed by atoms with Crippen LogP contribution in [0, 0.1) is 0 Å². The van der Waals surface area contributed by atoms with Crippen molar-refractivity contribution in [3.8, 4) is 0 Å². The molecule has 0 aliphatic carbocycles. The predicted molar refractivity (Wildman–Crippen MR) is 83.3 cm³/mol. The van der Waals surface area contributed by atoms with Gasteiger partial charge in [0.2, 0.25) is 0 Å². The highest BCUT2D eigenvalue weighted by atomic mass is 79.9. The van der Waals surface area contributed by atoms with Crippen molar-refractivity contribution in [2.75, 3.05) is 0 Å². The van der Waals surface area contributed by atoms with Crippen molar-refractivity contribution in [3.05, 3.63) is 50.4 Å². The van der Waals surface area contributed by atoms with Crippen LogP contribution in [-0.4, -0.2) is 15.9 Å². The molecule has 2 aromatic rings. The fraction of sp³-hybridized carbons (Fsp3) is 0.0833. The van der Waals surface area contributed by atoms with Gasteiger partial charge in [0, 0.05) is 16.6 Å². The number of hydrogen-bond donors (Lipinski definition) is 2. The average Bonchev–Trinajstić information content (AvgIpc) is 2.82. The summed E-state index contributed by atoms with van der Waals surface area (Å²) in [4.78, 5) is 17.2. The van der Waals surface area contributed by atoms with E-state index < -0.39 is 0 Å². The molecule has 2 rings (SSSR count). The van der Waals surface area contributed by atoms with Crippen molar-refractivity contribution in [1.29, 1.82) is 0 Å². The highest BCUT2D eigenvalue weighted by Crippen LogP contribution is 2.21. The number of rotatable bonds is 4. The van der Waals surface area contributed by atoms with Crippen LogP contribution in [0.1, 0.15) is 20.9 Å². The average molecular weight is 356 g/mol. The molecule has 7 heteroatoms. The van der Waals surface area contributed by atoms with Crippen molar-refractivity contribution in [3.63, 3.8) is 0 Å². The van der Waals surface area contributed by atoms with Crippen LogP contribution in [-0.2, 0) is 6.54 Å². The number of nitrogens with zero attached hydrogens (tertiary/aromatic N) is 1. The van der Waals surface area contributed by atoms with Crippen LogP contribution in [0.3, 0.4) is 0 Å². The van der Waals surface area contributed by atoms with Gasteiger partial charge in [0.1, 0.15) is 10.7 Å². The van der Waals surface area contributed by atoms with Crippen molar-refractivity contribution < 1.29 is 4.79 Å². The van der Waals surface area contributed by atoms with E-state index >= 15 is 0 Å². The molecule has 98 valence electrons. The first-order chi connectivity index (χ1) is 9.06. The molecule has 1 amide bonds. The Morgan fingerprint density at radius 1 is 1.42 bits per heavy atom. The van der Waals surface area contributed by atoms with E-state index in [9.17, 15) is 4.79 Å². The molecule has 2 heterocycles. The van der Waals surface area contributed by atoms with E-state index in [0.717, 1.165) is 8.66 Å². The number of nitrogens with one attached hydrogen (secondary N) is 1. The molecule has 0 spiro atoms. The number of amides is 1. The van der Waals surface area contributed by atoms with Crippen LogP contribution in [0.5, 0.6) is 0 Å². The van der Waals surface area contributed by atoms with Gasteiger partial charge in [-0.2, -0.15) is 0 Å². The number of carbonyl (C=O) groups is 1. The molecule has 0 radical (unpaired) electrons. The second-order valence-corrected chi connectivity index (χ2v) is 6.67. The molecule has 4 nitrogen and oxygen atoms in total. The van der Waals surface area contributed by atoms with Gasteiger partial charge >= 0.3 is 0 Å². The first-order valence-corrected chi connectivity index (χ1v) is 7.36. The molecule has 0 fully saturated rings. The SMILES string of the molecule is NC(=S)c1ccc(C(=O)NCc2ccc(Br)s2)nc1. The van der Waals surface area contributed by atoms with Crippen molar-refractivity contribution >= 4 is 50.4 Å². The normalized spacial score (nSPS) is 10.2. The number of thiophene rings is 1. The van der Waals surface area contributed by atoms with Gasteiger partial charge < -0.3 is 11.1 Å². The molecule has 0 atom stereocenters. The molecule has 0 unspecified atom stereocenters. The predicted octanol–water partition coefficient (Wildman–Crippen LogP) is 2.47. The summed E-state index contributed by atoms with van der Waals surface area (Å²) in [6, 6.07) is 7.19. The molecule has 0 saturated heterocycles. The summed E-state index contributed by atoms with van der Waals surface area (Å²) < 4.78 is 1.04. The maximum Gasteiger partial charge on any atom is 0.270 e. The Bertz CT molecular complexity index is 610. The lowest BCUT2D eigenvalue weighted by atomic mass is 10.2. The van der Waals surface area contributed by atoms with Crippen molar-refractivity contribution in [2.24, 2.45) is 5.73 Å². The van der Waals surface area contributed by atoms with Crippen LogP contribution >= 0.6 is 39.5 Å². The summed E-state index contributed by atoms with van der Waals surface area (Å²) in [5.41, 5.74) is 6.45. The van der Waals surface area contributed by atoms with E-state index in [1.165, 1.54) is 6.20 Å². The molecule has 0 aliphatic rings. The lowest BCUT2D eigenvalue weighted by Crippen LogP contribution is -2.23. The largest absolute Gasteiger partial charge is 0.389 e. The van der Waals surface area contributed by atoms with Crippen LogP contribution in [0.25, 0.3) is 0 Å². The number of pyridine rings is 1. The van der Waals surface area contributed by atoms with E-state index in [-0.39, 0.29) is 10.9 Å². The summed E-state index contributed by atoms with van der Waals surface area (Å²) in [6.45, 7) is 0.480. The monoisotopic (exact) mass is 355 g/mol. The minimum absolute atomic E-state index is 0.223. The van der Waals surface area contributed by atoms with Gasteiger partial charge in [0.05, 0.1) is 10.3 Å². The number of nitrogens with two attached hydrogens (primary N) is 1. The van der Waals surface area contributed by atoms with E-state index in [2.05, 4.69) is 26.2 Å². The van der Waals surface area contributed by atoms with E-state index in [1.54, 1.807) is 23.5 Å². The maximum absolute atomic E-state index is 11.9. The van der Waals surface area contributed by atoms with Gasteiger partial charge in [-0.1, -0.05) is 12.2 Å². The zero-order chi connectivity index (χ0) is 13.8. The zero-order valence-electron chi connectivity index (χ0n) is 9.72. The maximum atomic E-state index is 11.9. The molecule has 3 N–H and O–H groups in total. The van der Waals surface area contributed by atoms with Crippen molar-refractivity contribution in [1.82, 2.24) is 10.3 Å². The number of thiocarbonyl (C=S) groups is 1. The van der Waals surface area contributed by atoms with Gasteiger partial charge in [-0.05, 0) is 40.2 Å². The third-order valence-corrected chi connectivity index (χ3v) is 4.19. The first kappa shape index (κ1) is 14.1. The smallest absolute Gasteiger partial charge is 0.270 e. The van der Waals surface area contributed by atoms with Gasteiger partial charge in [-0.3, -0.25) is 9.78 Å². The van der Waals surface area contributed by atoms with Gasteiger partial charge in [0.15, 0.2) is 0 Å². The Labute approximate surface area is 128 Å². The van der Waals surface area contributed by atoms with Gasteiger partial charge in [-0.25, -0.2) is 0 Å². The lowest BCUT2D eigenvalue weighted by Gasteiger charge is -2.03. The fourth-order valence-electron chi connectivity index (χ4n) is 1.38. The minimum Gasteiger partial charge on any atom is -0.389 e. The number of aromatic nitrogens is 1. The van der Waals surface area contributed by atoms with Crippen molar-refractivity contribution in [2.45, 2.75) is 6.54 Å². The molecule has 0 aliphatic heterocycles. The summed E-state index contributed by atoms with van der Waals surface area (Å²) in [5, 5.41) is 2.80. The summed E-state index contributed by atoms with van der Waals surface area (Å²) in [6.07, 6.45) is 1.50. The third-order valence-electron chi connectivity index (χ3n) is 2.33. The molecule has 19 heavy (non-hydrogen) atoms. The topological polar surface area (TPSA) is 68.0 Å². The Balaban J connectivity index is 1.98. The van der Waals surface area contributed by atoms with E-state index in [4.69, 9.17) is 18.0 Å². The minimum atomic E-state index is -0.223. The Morgan fingerprint density at radius 2 is 2.21 bits per heavy atom. The highest BCUT2D eigenvalue weighted by molar-refractivity contribution is 9.11. The van der Waals surface area contributed by atoms with Crippen LogP contribution in [0.4, 0.5) is 0 Å². The lowest BCUT2D eigenvalue weighted by molar-refractivity contribution is 0.0946. The van der Waals surface area contributed by atoms with Crippen LogP contribution in [0.2, 0.25) is 0 Å². The number of halogens is 1. The Kier molecular flexibility index (Phi) is 4.62. The first-order valence-electron chi connectivity index (χ1n) is 5.34. The molecule has 0 aromatic carbocycles. The highest BCUT2D eigenvalue weighted by Gasteiger charge is 2.08. The van der Waals surface area contributed by atoms with Gasteiger partial charge in [-0.15, -0.1) is 11.3 Å². The molecule has 0 saturated carbocycles. The second kappa shape index (κ2) is 6.23. The zero-order valence-corrected chi connectivity index (χ0v) is 12.9. The summed E-state index contributed by atoms with van der Waals surface area (Å²) >= 11 is 9.78. The van der Waals surface area contributed by atoms with Crippen LogP contribution in [0.15, 0.2) is 34.2 Å². The summed E-state index contributed by atoms with van der Waals surface area (Å²) in [7, 11) is 0. The van der Waals surface area contributed by atoms with Gasteiger partial charge in [0.25, 0.3) is 5.91 Å². The number of hydrogen-bond acceptors (Lipinski definition) is 4. The Morgan fingerprint density at radius 3 is 2.74 bits per heavy atom. The third kappa shape index (κ3) is 3.82. The summed E-state index contributed by atoms with van der Waals surface area (Å²) in [5.74, 6) is -0.223. The Hall–Kier alpha value is -1.31. The molecular formula is C12H10BrN3OS2. The van der Waals surface area contributed by atoms with Crippen LogP contribution < -0.4 is 11.1 Å². The second-order valence-electron chi connectivity index (χ2n) is 3.68. The molecule has 2 aromatic heterocycles.